The maximum Gasteiger partial charge on any atom is 0.339 e. The molecule has 2 aromatic rings. The van der Waals surface area contributed by atoms with E-state index in [0.29, 0.717) is 17.9 Å². The molecule has 0 heterocycles. The number of anilines is 1. The van der Waals surface area contributed by atoms with Crippen LogP contribution in [-0.2, 0) is 25.6 Å². The Bertz CT molecular complexity index is 895. The van der Waals surface area contributed by atoms with E-state index in [1.807, 2.05) is 0 Å². The lowest BCUT2D eigenvalue weighted by Crippen LogP contribution is -2.31. The van der Waals surface area contributed by atoms with Crippen molar-refractivity contribution in [2.45, 2.75) is 33.3 Å². The molecule has 0 spiro atoms. The lowest BCUT2D eigenvalue weighted by Gasteiger charge is -2.21. The van der Waals surface area contributed by atoms with E-state index in [0.717, 1.165) is 12.8 Å². The van der Waals surface area contributed by atoms with Crippen LogP contribution in [0.15, 0.2) is 48.5 Å². The van der Waals surface area contributed by atoms with Gasteiger partial charge < -0.3 is 19.1 Å². The Hall–Kier alpha value is -3.19. The van der Waals surface area contributed by atoms with Gasteiger partial charge in [0.05, 0.1) is 17.7 Å². The molecule has 166 valence electrons. The van der Waals surface area contributed by atoms with Gasteiger partial charge in [-0.2, -0.15) is 0 Å². The van der Waals surface area contributed by atoms with Crippen molar-refractivity contribution in [1.29, 1.82) is 0 Å². The van der Waals surface area contributed by atoms with E-state index in [9.17, 15) is 14.4 Å². The Labute approximate surface area is 182 Å². The maximum atomic E-state index is 12.6. The van der Waals surface area contributed by atoms with Gasteiger partial charge in [0.2, 0.25) is 0 Å². The predicted molar refractivity (Wildman–Crippen MR) is 117 cm³/mol. The standard InChI is InChI=1S/C24H29NO6/c1-4-6-15-29-17-22(26)25(3)21-14-10-7-11-18(21)16-31-24(28)20-13-9-8-12-19(20)23(27)30-5-2/h7-14H,4-6,15-17H2,1-3H3. The van der Waals surface area contributed by atoms with Crippen LogP contribution < -0.4 is 4.90 Å². The Kier molecular flexibility index (Phi) is 9.71. The van der Waals surface area contributed by atoms with E-state index < -0.39 is 11.9 Å². The molecule has 0 bridgehead atoms. The van der Waals surface area contributed by atoms with E-state index in [2.05, 4.69) is 6.92 Å². The average Bonchev–Trinajstić information content (AvgIpc) is 2.80. The fourth-order valence-electron chi connectivity index (χ4n) is 2.87. The van der Waals surface area contributed by atoms with E-state index >= 15 is 0 Å². The summed E-state index contributed by atoms with van der Waals surface area (Å²) in [6.45, 7) is 4.42. The minimum Gasteiger partial charge on any atom is -0.462 e. The van der Waals surface area contributed by atoms with Gasteiger partial charge in [0.1, 0.15) is 13.2 Å². The van der Waals surface area contributed by atoms with Crippen molar-refractivity contribution in [1.82, 2.24) is 0 Å². The first-order valence-electron chi connectivity index (χ1n) is 10.3. The van der Waals surface area contributed by atoms with Gasteiger partial charge in [-0.1, -0.05) is 43.7 Å². The number of carbonyl (C=O) groups excluding carboxylic acids is 3. The van der Waals surface area contributed by atoms with Crippen LogP contribution >= 0.6 is 0 Å². The number of likely N-dealkylation sites (N-methyl/N-ethyl adjacent to an activating group) is 1. The second-order valence-electron chi connectivity index (χ2n) is 6.83. The zero-order chi connectivity index (χ0) is 22.6. The SMILES string of the molecule is CCCCOCC(=O)N(C)c1ccccc1COC(=O)c1ccccc1C(=O)OCC. The highest BCUT2D eigenvalue weighted by molar-refractivity contribution is 6.03. The second-order valence-corrected chi connectivity index (χ2v) is 6.83. The minimum absolute atomic E-state index is 0.0163. The third-order valence-electron chi connectivity index (χ3n) is 4.60. The highest BCUT2D eigenvalue weighted by atomic mass is 16.5. The van der Waals surface area contributed by atoms with Crippen molar-refractivity contribution in [3.63, 3.8) is 0 Å². The van der Waals surface area contributed by atoms with Crippen molar-refractivity contribution in [2.24, 2.45) is 0 Å². The lowest BCUT2D eigenvalue weighted by molar-refractivity contribution is -0.122. The molecule has 0 fully saturated rings. The van der Waals surface area contributed by atoms with E-state index in [4.69, 9.17) is 14.2 Å². The molecule has 0 saturated heterocycles. The number of esters is 2. The molecule has 2 rings (SSSR count). The topological polar surface area (TPSA) is 82.1 Å². The van der Waals surface area contributed by atoms with Crippen molar-refractivity contribution in [2.75, 3.05) is 31.8 Å². The van der Waals surface area contributed by atoms with E-state index in [1.165, 1.54) is 17.0 Å². The molecule has 31 heavy (non-hydrogen) atoms. The van der Waals surface area contributed by atoms with Gasteiger partial charge in [0.25, 0.3) is 5.91 Å². The Morgan fingerprint density at radius 2 is 1.48 bits per heavy atom. The number of nitrogens with zero attached hydrogens (tertiary/aromatic N) is 1. The number of unbranched alkanes of at least 4 members (excludes halogenated alkanes) is 1. The third kappa shape index (κ3) is 6.93. The number of amides is 1. The van der Waals surface area contributed by atoms with Crippen molar-refractivity contribution in [3.8, 4) is 0 Å². The number of carbonyl (C=O) groups is 3. The number of para-hydroxylation sites is 1. The van der Waals surface area contributed by atoms with Gasteiger partial charge in [0, 0.05) is 24.9 Å². The van der Waals surface area contributed by atoms with Crippen LogP contribution in [-0.4, -0.2) is 44.7 Å². The lowest BCUT2D eigenvalue weighted by atomic mass is 10.1. The number of ether oxygens (including phenoxy) is 3. The molecule has 0 aliphatic rings. The summed E-state index contributed by atoms with van der Waals surface area (Å²) in [5.41, 5.74) is 1.57. The molecule has 0 N–H and O–H groups in total. The minimum atomic E-state index is -0.643. The molecule has 0 saturated carbocycles. The first-order chi connectivity index (χ1) is 15.0. The van der Waals surface area contributed by atoms with Crippen molar-refractivity contribution < 1.29 is 28.6 Å². The van der Waals surface area contributed by atoms with Crippen LogP contribution in [0.4, 0.5) is 5.69 Å². The quantitative estimate of drug-likeness (QED) is 0.398. The van der Waals surface area contributed by atoms with Crippen LogP contribution in [0.3, 0.4) is 0 Å². The van der Waals surface area contributed by atoms with Crippen LogP contribution in [0.5, 0.6) is 0 Å². The average molecular weight is 427 g/mol. The Morgan fingerprint density at radius 3 is 2.13 bits per heavy atom. The summed E-state index contributed by atoms with van der Waals surface area (Å²) in [4.78, 5) is 38.7. The molecule has 0 aliphatic carbocycles. The van der Waals surface area contributed by atoms with Crippen molar-refractivity contribution >= 4 is 23.5 Å². The third-order valence-corrected chi connectivity index (χ3v) is 4.60. The molecular formula is C24H29NO6. The molecular weight excluding hydrogens is 398 g/mol. The van der Waals surface area contributed by atoms with E-state index in [-0.39, 0.29) is 36.9 Å². The number of hydrogen-bond acceptors (Lipinski definition) is 6. The van der Waals surface area contributed by atoms with Crippen LogP contribution in [0.1, 0.15) is 53.0 Å². The second kappa shape index (κ2) is 12.5. The van der Waals surface area contributed by atoms with Gasteiger partial charge in [-0.3, -0.25) is 4.79 Å². The summed E-state index contributed by atoms with van der Waals surface area (Å²) >= 11 is 0. The molecule has 0 aliphatic heterocycles. The Balaban J connectivity index is 2.08. The highest BCUT2D eigenvalue weighted by Gasteiger charge is 2.20. The van der Waals surface area contributed by atoms with Crippen molar-refractivity contribution in [3.05, 3.63) is 65.2 Å². The summed E-state index contributed by atoms with van der Waals surface area (Å²) < 4.78 is 15.9. The molecule has 2 aromatic carbocycles. The summed E-state index contributed by atoms with van der Waals surface area (Å²) in [5, 5.41) is 0. The highest BCUT2D eigenvalue weighted by Crippen LogP contribution is 2.21. The number of benzene rings is 2. The molecule has 0 atom stereocenters. The normalized spacial score (nSPS) is 10.4. The fourth-order valence-corrected chi connectivity index (χ4v) is 2.87. The monoisotopic (exact) mass is 427 g/mol. The summed E-state index contributed by atoms with van der Waals surface area (Å²) in [6.07, 6.45) is 1.90. The van der Waals surface area contributed by atoms with Gasteiger partial charge >= 0.3 is 11.9 Å². The zero-order valence-electron chi connectivity index (χ0n) is 18.3. The van der Waals surface area contributed by atoms with Crippen LogP contribution in [0, 0.1) is 0 Å². The van der Waals surface area contributed by atoms with Crippen LogP contribution in [0.2, 0.25) is 0 Å². The Morgan fingerprint density at radius 1 is 0.871 bits per heavy atom. The van der Waals surface area contributed by atoms with Gasteiger partial charge in [-0.25, -0.2) is 9.59 Å². The van der Waals surface area contributed by atoms with Crippen LogP contribution in [0.25, 0.3) is 0 Å². The predicted octanol–water partition coefficient (Wildman–Crippen LogP) is 4.00. The first kappa shape index (κ1) is 24.1. The number of hydrogen-bond donors (Lipinski definition) is 0. The first-order valence-corrected chi connectivity index (χ1v) is 10.3. The number of rotatable bonds is 11. The maximum absolute atomic E-state index is 12.6. The molecule has 0 radical (unpaired) electrons. The van der Waals surface area contributed by atoms with Gasteiger partial charge in [-0.15, -0.1) is 0 Å². The summed E-state index contributed by atoms with van der Waals surface area (Å²) in [6, 6.07) is 13.5. The smallest absolute Gasteiger partial charge is 0.339 e. The molecule has 7 heteroatoms. The molecule has 7 nitrogen and oxygen atoms in total. The van der Waals surface area contributed by atoms with Gasteiger partial charge in [0.15, 0.2) is 0 Å². The molecule has 1 amide bonds. The van der Waals surface area contributed by atoms with Gasteiger partial charge in [-0.05, 0) is 31.5 Å². The summed E-state index contributed by atoms with van der Waals surface area (Å²) in [7, 11) is 1.65. The molecule has 0 unspecified atom stereocenters. The largest absolute Gasteiger partial charge is 0.462 e. The molecule has 0 aromatic heterocycles. The fraction of sp³-hybridized carbons (Fsp3) is 0.375. The summed E-state index contributed by atoms with van der Waals surface area (Å²) in [5.74, 6) is -1.42. The zero-order valence-corrected chi connectivity index (χ0v) is 18.3. The van der Waals surface area contributed by atoms with E-state index in [1.54, 1.807) is 50.4 Å².